The van der Waals surface area contributed by atoms with Crippen LogP contribution in [0.5, 0.6) is 11.5 Å². The van der Waals surface area contributed by atoms with Crippen molar-refractivity contribution in [1.29, 1.82) is 0 Å². The third-order valence-corrected chi connectivity index (χ3v) is 2.46. The van der Waals surface area contributed by atoms with Crippen molar-refractivity contribution in [2.75, 3.05) is 7.11 Å². The summed E-state index contributed by atoms with van der Waals surface area (Å²) in [5.74, 6) is -0.917. The average molecular weight is 269 g/mol. The molecule has 7 nitrogen and oxygen atoms in total. The van der Waals surface area contributed by atoms with E-state index in [2.05, 4.69) is 0 Å². The van der Waals surface area contributed by atoms with E-state index in [9.17, 15) is 14.9 Å². The first-order valence-electron chi connectivity index (χ1n) is 5.71. The zero-order valence-corrected chi connectivity index (χ0v) is 10.7. The lowest BCUT2D eigenvalue weighted by Crippen LogP contribution is -2.27. The van der Waals surface area contributed by atoms with Gasteiger partial charge in [-0.1, -0.05) is 13.3 Å². The highest BCUT2D eigenvalue weighted by Gasteiger charge is 2.24. The van der Waals surface area contributed by atoms with Gasteiger partial charge < -0.3 is 14.6 Å². The molecule has 1 rings (SSSR count). The topological polar surface area (TPSA) is 98.9 Å². The standard InChI is InChI=1S/C12H15NO6/c1-3-4-11(12(14)15)19-10-6-5-8(18-2)7-9(10)13(16)17/h5-7,11H,3-4H2,1-2H3,(H,14,15). The predicted molar refractivity (Wildman–Crippen MR) is 66.6 cm³/mol. The lowest BCUT2D eigenvalue weighted by atomic mass is 10.2. The molecule has 0 saturated carbocycles. The number of nitro groups is 1. The second kappa shape index (κ2) is 6.58. The van der Waals surface area contributed by atoms with E-state index in [-0.39, 0.29) is 17.9 Å². The molecule has 1 aromatic carbocycles. The van der Waals surface area contributed by atoms with Crippen molar-refractivity contribution in [2.45, 2.75) is 25.9 Å². The summed E-state index contributed by atoms with van der Waals surface area (Å²) in [6.45, 7) is 1.81. The fraction of sp³-hybridized carbons (Fsp3) is 0.417. The van der Waals surface area contributed by atoms with Crippen LogP contribution < -0.4 is 9.47 Å². The molecular formula is C12H15NO6. The van der Waals surface area contributed by atoms with Crippen LogP contribution in [0, 0.1) is 10.1 Å². The average Bonchev–Trinajstić information content (AvgIpc) is 2.38. The molecule has 19 heavy (non-hydrogen) atoms. The van der Waals surface area contributed by atoms with E-state index < -0.39 is 17.0 Å². The van der Waals surface area contributed by atoms with Crippen LogP contribution in [0.2, 0.25) is 0 Å². The Morgan fingerprint density at radius 1 is 1.53 bits per heavy atom. The summed E-state index contributed by atoms with van der Waals surface area (Å²) in [7, 11) is 1.39. The number of carboxylic acids is 1. The number of carbonyl (C=O) groups is 1. The van der Waals surface area contributed by atoms with Crippen molar-refractivity contribution < 1.29 is 24.3 Å². The summed E-state index contributed by atoms with van der Waals surface area (Å²) in [5.41, 5.74) is -0.318. The first kappa shape index (κ1) is 14.7. The molecule has 104 valence electrons. The minimum Gasteiger partial charge on any atom is -0.496 e. The molecule has 1 N–H and O–H groups in total. The molecule has 0 aliphatic carbocycles. The quantitative estimate of drug-likeness (QED) is 0.602. The van der Waals surface area contributed by atoms with Crippen molar-refractivity contribution in [3.05, 3.63) is 28.3 Å². The van der Waals surface area contributed by atoms with Crippen LogP contribution in [-0.4, -0.2) is 29.2 Å². The molecule has 7 heteroatoms. The van der Waals surface area contributed by atoms with Gasteiger partial charge in [-0.25, -0.2) is 4.79 Å². The van der Waals surface area contributed by atoms with Crippen LogP contribution in [0.1, 0.15) is 19.8 Å². The molecule has 0 heterocycles. The molecule has 0 aliphatic heterocycles. The highest BCUT2D eigenvalue weighted by molar-refractivity contribution is 5.73. The smallest absolute Gasteiger partial charge is 0.344 e. The number of nitro benzene ring substituents is 1. The number of hydrogen-bond donors (Lipinski definition) is 1. The Kier molecular flexibility index (Phi) is 5.11. The SMILES string of the molecule is CCCC(Oc1ccc(OC)cc1[N+](=O)[O-])C(=O)O. The number of ether oxygens (including phenoxy) is 2. The normalized spacial score (nSPS) is 11.7. The van der Waals surface area contributed by atoms with Gasteiger partial charge in [0.25, 0.3) is 0 Å². The molecule has 0 bridgehead atoms. The number of benzene rings is 1. The second-order valence-electron chi connectivity index (χ2n) is 3.82. The van der Waals surface area contributed by atoms with Gasteiger partial charge in [0.1, 0.15) is 5.75 Å². The van der Waals surface area contributed by atoms with Crippen LogP contribution in [0.4, 0.5) is 5.69 Å². The number of hydrogen-bond acceptors (Lipinski definition) is 5. The molecule has 0 aliphatic rings. The van der Waals surface area contributed by atoms with E-state index in [1.54, 1.807) is 0 Å². The van der Waals surface area contributed by atoms with Crippen molar-refractivity contribution in [3.8, 4) is 11.5 Å². The third-order valence-electron chi connectivity index (χ3n) is 2.46. The lowest BCUT2D eigenvalue weighted by Gasteiger charge is -2.14. The molecule has 1 unspecified atom stereocenters. The number of nitrogens with zero attached hydrogens (tertiary/aromatic N) is 1. The van der Waals surface area contributed by atoms with Gasteiger partial charge in [0.05, 0.1) is 18.1 Å². The molecule has 0 fully saturated rings. The zero-order chi connectivity index (χ0) is 14.4. The first-order chi connectivity index (χ1) is 8.99. The Morgan fingerprint density at radius 2 is 2.21 bits per heavy atom. The lowest BCUT2D eigenvalue weighted by molar-refractivity contribution is -0.386. The summed E-state index contributed by atoms with van der Waals surface area (Å²) in [6.07, 6.45) is -0.225. The maximum atomic E-state index is 11.0. The van der Waals surface area contributed by atoms with Gasteiger partial charge >= 0.3 is 11.7 Å². The van der Waals surface area contributed by atoms with Gasteiger partial charge in [-0.2, -0.15) is 0 Å². The second-order valence-corrected chi connectivity index (χ2v) is 3.82. The van der Waals surface area contributed by atoms with E-state index in [1.807, 2.05) is 6.92 Å². The Labute approximate surface area is 109 Å². The number of carboxylic acid groups (broad SMARTS) is 1. The Bertz CT molecular complexity index is 473. The van der Waals surface area contributed by atoms with Crippen molar-refractivity contribution in [2.24, 2.45) is 0 Å². The predicted octanol–water partition coefficient (Wildman–Crippen LogP) is 2.24. The zero-order valence-electron chi connectivity index (χ0n) is 10.7. The van der Waals surface area contributed by atoms with E-state index in [1.165, 1.54) is 25.3 Å². The molecule has 0 spiro atoms. The molecule has 0 aromatic heterocycles. The van der Waals surface area contributed by atoms with Crippen molar-refractivity contribution in [3.63, 3.8) is 0 Å². The van der Waals surface area contributed by atoms with Gasteiger partial charge in [0, 0.05) is 0 Å². The van der Waals surface area contributed by atoms with Gasteiger partial charge in [0.15, 0.2) is 11.9 Å². The number of methoxy groups -OCH3 is 1. The number of aliphatic carboxylic acids is 1. The van der Waals surface area contributed by atoms with Crippen LogP contribution >= 0.6 is 0 Å². The van der Waals surface area contributed by atoms with Gasteiger partial charge in [-0.3, -0.25) is 10.1 Å². The highest BCUT2D eigenvalue weighted by Crippen LogP contribution is 2.32. The number of rotatable bonds is 7. The monoisotopic (exact) mass is 269 g/mol. The summed E-state index contributed by atoms with van der Waals surface area (Å²) in [5, 5.41) is 19.9. The highest BCUT2D eigenvalue weighted by atomic mass is 16.6. The van der Waals surface area contributed by atoms with Crippen molar-refractivity contribution in [1.82, 2.24) is 0 Å². The summed E-state index contributed by atoms with van der Waals surface area (Å²) >= 11 is 0. The van der Waals surface area contributed by atoms with Gasteiger partial charge in [-0.15, -0.1) is 0 Å². The summed E-state index contributed by atoms with van der Waals surface area (Å²) in [4.78, 5) is 21.3. The van der Waals surface area contributed by atoms with Crippen LogP contribution in [0.15, 0.2) is 18.2 Å². The fourth-order valence-corrected chi connectivity index (χ4v) is 1.51. The molecule has 1 aromatic rings. The Hall–Kier alpha value is -2.31. The Balaban J connectivity index is 3.05. The maximum absolute atomic E-state index is 11.0. The van der Waals surface area contributed by atoms with Crippen LogP contribution in [0.25, 0.3) is 0 Å². The minimum atomic E-state index is -1.15. The minimum absolute atomic E-state index is 0.0772. The molecular weight excluding hydrogens is 254 g/mol. The molecule has 0 radical (unpaired) electrons. The largest absolute Gasteiger partial charge is 0.496 e. The van der Waals surface area contributed by atoms with Crippen LogP contribution in [0.3, 0.4) is 0 Å². The molecule has 1 atom stereocenters. The van der Waals surface area contributed by atoms with E-state index in [4.69, 9.17) is 14.6 Å². The van der Waals surface area contributed by atoms with E-state index in [0.29, 0.717) is 12.2 Å². The Morgan fingerprint density at radius 3 is 2.68 bits per heavy atom. The maximum Gasteiger partial charge on any atom is 0.344 e. The summed E-state index contributed by atoms with van der Waals surface area (Å²) in [6, 6.07) is 4.01. The van der Waals surface area contributed by atoms with Crippen LogP contribution in [-0.2, 0) is 4.79 Å². The third kappa shape index (κ3) is 3.84. The van der Waals surface area contributed by atoms with Gasteiger partial charge in [-0.05, 0) is 18.6 Å². The fourth-order valence-electron chi connectivity index (χ4n) is 1.51. The molecule has 0 saturated heterocycles. The first-order valence-corrected chi connectivity index (χ1v) is 5.71. The van der Waals surface area contributed by atoms with Crippen molar-refractivity contribution >= 4 is 11.7 Å². The van der Waals surface area contributed by atoms with E-state index >= 15 is 0 Å². The molecule has 0 amide bonds. The summed E-state index contributed by atoms with van der Waals surface area (Å²) < 4.78 is 10.1. The van der Waals surface area contributed by atoms with E-state index in [0.717, 1.165) is 0 Å². The van der Waals surface area contributed by atoms with Gasteiger partial charge in [0.2, 0.25) is 0 Å².